The number of aromatic nitrogens is 1. The molecule has 8 nitrogen and oxygen atoms in total. The van der Waals surface area contributed by atoms with Crippen LogP contribution in [0, 0.1) is 0 Å². The molecule has 0 saturated carbocycles. The maximum Gasteiger partial charge on any atom is 0.508 e. The minimum absolute atomic E-state index is 0. The molecule has 0 radical (unpaired) electrons. The lowest BCUT2D eigenvalue weighted by molar-refractivity contribution is -0.693. The van der Waals surface area contributed by atoms with Gasteiger partial charge in [0, 0.05) is 6.61 Å². The van der Waals surface area contributed by atoms with E-state index in [2.05, 4.69) is 11.7 Å². The summed E-state index contributed by atoms with van der Waals surface area (Å²) in [6.07, 6.45) is 20.6. The van der Waals surface area contributed by atoms with Gasteiger partial charge < -0.3 is 40.7 Å². The van der Waals surface area contributed by atoms with Crippen molar-refractivity contribution < 1.29 is 54.8 Å². The predicted octanol–water partition coefficient (Wildman–Crippen LogP) is 4.62. The van der Waals surface area contributed by atoms with Gasteiger partial charge in [0.05, 0.1) is 19.1 Å². The molecule has 0 aliphatic carbocycles. The molecule has 0 bridgehead atoms. The third-order valence-corrected chi connectivity index (χ3v) is 7.03. The highest BCUT2D eigenvalue weighted by Crippen LogP contribution is 2.13. The van der Waals surface area contributed by atoms with Gasteiger partial charge in [-0.05, 0) is 6.42 Å². The average Bonchev–Trinajstić information content (AvgIpc) is 3.44. The molecule has 1 rings (SSSR count). The summed E-state index contributed by atoms with van der Waals surface area (Å²) in [5.41, 5.74) is 1.92. The highest BCUT2D eigenvalue weighted by molar-refractivity contribution is 7.07. The first-order valence-electron chi connectivity index (χ1n) is 14.7. The fourth-order valence-corrected chi connectivity index (χ4v) is 4.72. The minimum atomic E-state index is -0.841. The van der Waals surface area contributed by atoms with E-state index in [1.54, 1.807) is 11.3 Å². The van der Waals surface area contributed by atoms with Gasteiger partial charge in [-0.1, -0.05) is 115 Å². The summed E-state index contributed by atoms with van der Waals surface area (Å²) in [5.74, 6) is 0. The number of ether oxygens (including phenoxy) is 5. The quantitative estimate of drug-likeness (QED) is 0.0878. The van der Waals surface area contributed by atoms with Crippen LogP contribution in [0.5, 0.6) is 0 Å². The molecule has 1 aromatic heterocycles. The fourth-order valence-electron chi connectivity index (χ4n) is 4.09. The first-order valence-corrected chi connectivity index (χ1v) is 15.6. The highest BCUT2D eigenvalue weighted by atomic mass is 79.9. The Balaban J connectivity index is 0.0000144. The fraction of sp³-hybridized carbons (Fsp3) is 0.828. The van der Waals surface area contributed by atoms with Crippen LogP contribution < -0.4 is 21.5 Å². The van der Waals surface area contributed by atoms with Crippen molar-refractivity contribution in [3.63, 3.8) is 0 Å². The molecule has 228 valence electrons. The first-order chi connectivity index (χ1) is 18.7. The number of carbonyl (C=O) groups is 2. The molecule has 1 atom stereocenters. The maximum absolute atomic E-state index is 11.8. The minimum Gasteiger partial charge on any atom is -1.00 e. The second-order valence-corrected chi connectivity index (χ2v) is 10.5. The molecule has 0 amide bonds. The van der Waals surface area contributed by atoms with E-state index in [1.807, 2.05) is 21.7 Å². The third kappa shape index (κ3) is 24.2. The zero-order valence-corrected chi connectivity index (χ0v) is 26.7. The van der Waals surface area contributed by atoms with Crippen LogP contribution in [0.4, 0.5) is 9.59 Å². The molecule has 0 saturated heterocycles. The second kappa shape index (κ2) is 28.1. The van der Waals surface area contributed by atoms with E-state index in [0.29, 0.717) is 13.2 Å². The maximum atomic E-state index is 11.8. The predicted molar refractivity (Wildman–Crippen MR) is 149 cm³/mol. The van der Waals surface area contributed by atoms with E-state index in [-0.39, 0.29) is 36.8 Å². The van der Waals surface area contributed by atoms with Gasteiger partial charge in [-0.2, -0.15) is 4.57 Å². The molecular weight excluding hydrogens is 586 g/mol. The Bertz CT molecular complexity index is 679. The monoisotopic (exact) mass is 637 g/mol. The Morgan fingerprint density at radius 3 is 1.82 bits per heavy atom. The number of carbonyl (C=O) groups excluding carboxylic acids is 2. The van der Waals surface area contributed by atoms with Crippen LogP contribution in [0.2, 0.25) is 0 Å². The van der Waals surface area contributed by atoms with Gasteiger partial charge in [-0.25, -0.2) is 9.59 Å². The van der Waals surface area contributed by atoms with Gasteiger partial charge in [-0.15, -0.1) is 0 Å². The molecule has 0 spiro atoms. The Morgan fingerprint density at radius 2 is 1.31 bits per heavy atom. The number of methoxy groups -OCH3 is 1. The van der Waals surface area contributed by atoms with Crippen LogP contribution in [0.25, 0.3) is 0 Å². The van der Waals surface area contributed by atoms with Gasteiger partial charge in [0.2, 0.25) is 5.51 Å². The molecule has 0 unspecified atom stereocenters. The van der Waals surface area contributed by atoms with Crippen LogP contribution in [0.15, 0.2) is 17.1 Å². The molecular formula is C29H52BrNO7S. The molecule has 0 aliphatic rings. The van der Waals surface area contributed by atoms with Crippen LogP contribution in [0.1, 0.15) is 110 Å². The lowest BCUT2D eigenvalue weighted by Crippen LogP contribution is -3.00. The highest BCUT2D eigenvalue weighted by Gasteiger charge is 2.18. The zero-order chi connectivity index (χ0) is 27.5. The molecule has 10 heteroatoms. The molecule has 0 aromatic carbocycles. The molecule has 1 heterocycles. The number of thiazole rings is 1. The number of hydrogen-bond acceptors (Lipinski definition) is 8. The summed E-state index contributed by atoms with van der Waals surface area (Å²) in [7, 11) is 1.23. The van der Waals surface area contributed by atoms with E-state index < -0.39 is 18.4 Å². The Morgan fingerprint density at radius 1 is 0.744 bits per heavy atom. The number of hydrogen-bond donors (Lipinski definition) is 0. The van der Waals surface area contributed by atoms with E-state index in [1.165, 1.54) is 97.0 Å². The smallest absolute Gasteiger partial charge is 0.508 e. The van der Waals surface area contributed by atoms with Gasteiger partial charge in [-0.3, -0.25) is 0 Å². The van der Waals surface area contributed by atoms with Crippen LogP contribution >= 0.6 is 11.3 Å². The van der Waals surface area contributed by atoms with Crippen LogP contribution in [-0.4, -0.2) is 52.0 Å². The van der Waals surface area contributed by atoms with Gasteiger partial charge >= 0.3 is 12.3 Å². The number of unbranched alkanes of at least 4 members (excludes halogenated alkanes) is 15. The lowest BCUT2D eigenvalue weighted by Gasteiger charge is -2.17. The number of rotatable bonds is 25. The van der Waals surface area contributed by atoms with Crippen molar-refractivity contribution >= 4 is 23.6 Å². The SMILES string of the molecule is CCCCCCCCCCCCCCCCCCOC[C@H](COC(=O)OCC[n+]1ccsc1)OC(=O)OC.[Br-]. The summed E-state index contributed by atoms with van der Waals surface area (Å²) in [4.78, 5) is 23.3. The Labute approximate surface area is 250 Å². The molecule has 0 fully saturated rings. The summed E-state index contributed by atoms with van der Waals surface area (Å²) < 4.78 is 27.4. The van der Waals surface area contributed by atoms with E-state index >= 15 is 0 Å². The van der Waals surface area contributed by atoms with Crippen molar-refractivity contribution in [2.24, 2.45) is 0 Å². The van der Waals surface area contributed by atoms with Crippen molar-refractivity contribution in [2.75, 3.05) is 33.5 Å². The molecule has 1 aromatic rings. The van der Waals surface area contributed by atoms with Crippen molar-refractivity contribution in [1.29, 1.82) is 0 Å². The third-order valence-electron chi connectivity index (χ3n) is 6.36. The molecule has 39 heavy (non-hydrogen) atoms. The molecule has 0 aliphatic heterocycles. The molecule has 0 N–H and O–H groups in total. The summed E-state index contributed by atoms with van der Waals surface area (Å²) in [5, 5.41) is 1.94. The second-order valence-electron chi connectivity index (χ2n) is 9.75. The average molecular weight is 639 g/mol. The van der Waals surface area contributed by atoms with E-state index in [0.717, 1.165) is 12.8 Å². The van der Waals surface area contributed by atoms with Crippen molar-refractivity contribution in [3.8, 4) is 0 Å². The largest absolute Gasteiger partial charge is 1.00 e. The Kier molecular flexibility index (Phi) is 27.1. The Hall–Kier alpha value is -1.39. The lowest BCUT2D eigenvalue weighted by atomic mass is 10.0. The summed E-state index contributed by atoms with van der Waals surface area (Å²) in [6, 6.07) is 0. The normalized spacial score (nSPS) is 11.4. The standard InChI is InChI=1S/C29H52NO7S.BrH/c1-3-4-5-6-7-8-9-10-11-12-13-14-15-16-17-18-21-34-24-27(37-28(31)33-2)25-36-29(32)35-22-19-30-20-23-38-26-30;/h20,23,26-27H,3-19,21-22,24-25H2,1-2H3;1H/q+1;/p-1/t27-;/m1./s1. The van der Waals surface area contributed by atoms with Crippen LogP contribution in [-0.2, 0) is 30.2 Å². The van der Waals surface area contributed by atoms with Crippen LogP contribution in [0.3, 0.4) is 0 Å². The first kappa shape index (κ1) is 37.6. The van der Waals surface area contributed by atoms with Crippen molar-refractivity contribution in [1.82, 2.24) is 0 Å². The summed E-state index contributed by atoms with van der Waals surface area (Å²) in [6.45, 7) is 3.56. The van der Waals surface area contributed by atoms with E-state index in [4.69, 9.17) is 18.9 Å². The number of nitrogens with zero attached hydrogens (tertiary/aromatic N) is 1. The van der Waals surface area contributed by atoms with Crippen molar-refractivity contribution in [2.45, 2.75) is 122 Å². The van der Waals surface area contributed by atoms with E-state index in [9.17, 15) is 9.59 Å². The van der Waals surface area contributed by atoms with Crippen molar-refractivity contribution in [3.05, 3.63) is 17.1 Å². The van der Waals surface area contributed by atoms with Gasteiger partial charge in [0.25, 0.3) is 0 Å². The van der Waals surface area contributed by atoms with Gasteiger partial charge in [0.1, 0.15) is 6.61 Å². The summed E-state index contributed by atoms with van der Waals surface area (Å²) >= 11 is 1.56. The van der Waals surface area contributed by atoms with Gasteiger partial charge in [0.15, 0.2) is 25.5 Å². The number of halogens is 1. The topological polar surface area (TPSA) is 84.2 Å². The zero-order valence-electron chi connectivity index (χ0n) is 24.2.